The van der Waals surface area contributed by atoms with Crippen LogP contribution in [0, 0.1) is 4.64 Å². The zero-order valence-electron chi connectivity index (χ0n) is 10.7. The van der Waals surface area contributed by atoms with Crippen LogP contribution in [0.5, 0.6) is 0 Å². The molecule has 0 spiro atoms. The van der Waals surface area contributed by atoms with E-state index >= 15 is 0 Å². The number of nitrogens with one attached hydrogen (secondary N) is 2. The lowest BCUT2D eigenvalue weighted by Gasteiger charge is -2.09. The van der Waals surface area contributed by atoms with Gasteiger partial charge in [0.05, 0.1) is 5.69 Å². The van der Waals surface area contributed by atoms with Crippen molar-refractivity contribution in [3.63, 3.8) is 0 Å². The molecule has 0 unspecified atom stereocenters. The van der Waals surface area contributed by atoms with Crippen LogP contribution in [0.1, 0.15) is 5.69 Å². The number of hydrogen-bond acceptors (Lipinski definition) is 6. The Kier molecular flexibility index (Phi) is 4.93. The van der Waals surface area contributed by atoms with Gasteiger partial charge in [0, 0.05) is 25.1 Å². The van der Waals surface area contributed by atoms with E-state index in [0.29, 0.717) is 33.5 Å². The molecule has 2 amide bonds. The molecule has 10 heteroatoms. The van der Waals surface area contributed by atoms with Gasteiger partial charge in [-0.1, -0.05) is 12.2 Å². The second-order valence-electron chi connectivity index (χ2n) is 3.92. The second-order valence-corrected chi connectivity index (χ2v) is 5.44. The van der Waals surface area contributed by atoms with Crippen molar-refractivity contribution in [3.8, 4) is 0 Å². The molecule has 0 aliphatic heterocycles. The van der Waals surface area contributed by atoms with Gasteiger partial charge in [-0.05, 0) is 6.07 Å². The Balaban J connectivity index is 1.81. The summed E-state index contributed by atoms with van der Waals surface area (Å²) >= 11 is 6.82. The van der Waals surface area contributed by atoms with Crippen LogP contribution in [-0.2, 0) is 5.75 Å². The first-order chi connectivity index (χ1) is 9.58. The molecule has 0 saturated carbocycles. The summed E-state index contributed by atoms with van der Waals surface area (Å²) in [7, 11) is 1.27. The number of urea groups is 1. The van der Waals surface area contributed by atoms with Crippen LogP contribution in [0.4, 0.5) is 4.79 Å². The van der Waals surface area contributed by atoms with Gasteiger partial charge in [-0.2, -0.15) is 11.8 Å². The number of nitrogens with zero attached hydrogens (tertiary/aromatic N) is 4. The van der Waals surface area contributed by atoms with Gasteiger partial charge >= 0.3 is 6.03 Å². The number of aromatic amines is 1. The Hall–Kier alpha value is -1.65. The van der Waals surface area contributed by atoms with Gasteiger partial charge < -0.3 is 5.32 Å². The predicted octanol–water partition coefficient (Wildman–Crippen LogP) is 1.05. The summed E-state index contributed by atoms with van der Waals surface area (Å²) in [5.41, 5.74) is 0.845. The number of carbonyl (C=O) groups excluding carboxylic acids is 1. The zero-order chi connectivity index (χ0) is 14.5. The average Bonchev–Trinajstić information content (AvgIpc) is 2.86. The van der Waals surface area contributed by atoms with Gasteiger partial charge in [0.2, 0.25) is 0 Å². The number of rotatable bonds is 5. The summed E-state index contributed by atoms with van der Waals surface area (Å²) in [5, 5.41) is 14.8. The third kappa shape index (κ3) is 3.68. The molecule has 0 radical (unpaired) electrons. The fourth-order valence-electron chi connectivity index (χ4n) is 1.46. The number of H-pyrrole nitrogens is 1. The van der Waals surface area contributed by atoms with Crippen molar-refractivity contribution >= 4 is 35.8 Å². The molecule has 0 aliphatic rings. The molecule has 0 saturated heterocycles. The number of fused-ring (bicyclic) bond motifs is 1. The van der Waals surface area contributed by atoms with E-state index in [9.17, 15) is 4.79 Å². The maximum atomic E-state index is 11.1. The molecular weight excluding hydrogens is 300 g/mol. The summed E-state index contributed by atoms with van der Waals surface area (Å²) in [6.07, 6.45) is 1.54. The molecule has 0 aromatic carbocycles. The normalized spacial score (nSPS) is 10.7. The van der Waals surface area contributed by atoms with Gasteiger partial charge in [0.25, 0.3) is 5.78 Å². The fourth-order valence-corrected chi connectivity index (χ4v) is 2.48. The minimum atomic E-state index is -0.522. The third-order valence-corrected chi connectivity index (χ3v) is 3.68. The van der Waals surface area contributed by atoms with Gasteiger partial charge in [0.15, 0.2) is 0 Å². The van der Waals surface area contributed by atoms with Crippen LogP contribution in [0.25, 0.3) is 5.78 Å². The van der Waals surface area contributed by atoms with Gasteiger partial charge in [-0.3, -0.25) is 10.3 Å². The van der Waals surface area contributed by atoms with Crippen LogP contribution in [-0.4, -0.2) is 55.2 Å². The highest BCUT2D eigenvalue weighted by Gasteiger charge is 2.04. The van der Waals surface area contributed by atoms with Gasteiger partial charge in [-0.15, -0.1) is 0 Å². The second kappa shape index (κ2) is 6.68. The first-order valence-electron chi connectivity index (χ1n) is 5.78. The highest BCUT2D eigenvalue weighted by molar-refractivity contribution is 7.98. The molecular formula is C10H14N6O2S2. The molecule has 0 aliphatic carbocycles. The monoisotopic (exact) mass is 314 g/mol. The van der Waals surface area contributed by atoms with Crippen molar-refractivity contribution < 1.29 is 10.0 Å². The van der Waals surface area contributed by atoms with E-state index in [4.69, 9.17) is 17.4 Å². The maximum absolute atomic E-state index is 11.1. The van der Waals surface area contributed by atoms with Crippen LogP contribution in [0.3, 0.4) is 0 Å². The van der Waals surface area contributed by atoms with Crippen molar-refractivity contribution in [2.75, 3.05) is 19.3 Å². The molecule has 0 bridgehead atoms. The minimum Gasteiger partial charge on any atom is -0.335 e. The summed E-state index contributed by atoms with van der Waals surface area (Å²) in [6, 6.07) is 1.29. The highest BCUT2D eigenvalue weighted by atomic mass is 32.2. The van der Waals surface area contributed by atoms with Crippen LogP contribution >= 0.6 is 24.0 Å². The first kappa shape index (κ1) is 14.8. The third-order valence-electron chi connectivity index (χ3n) is 2.39. The van der Waals surface area contributed by atoms with E-state index < -0.39 is 6.03 Å². The standard InChI is InChI=1S/C10H14N6O2S2/c1-15(18)10(17)11-2-3-20-5-7-4-8(19)16-9(14-7)12-6-13-16/h4,6,18H,2-3,5H2,1H3,(H,11,17)(H,12,13,14). The van der Waals surface area contributed by atoms with Crippen molar-refractivity contribution in [1.29, 1.82) is 0 Å². The molecule has 0 atom stereocenters. The Bertz CT molecular complexity index is 652. The van der Waals surface area contributed by atoms with E-state index in [-0.39, 0.29) is 0 Å². The number of hydroxylamine groups is 2. The summed E-state index contributed by atoms with van der Waals surface area (Å²) in [4.78, 5) is 19.5. The van der Waals surface area contributed by atoms with E-state index in [1.54, 1.807) is 16.3 Å². The van der Waals surface area contributed by atoms with Crippen LogP contribution < -0.4 is 5.32 Å². The summed E-state index contributed by atoms with van der Waals surface area (Å²) in [5.74, 6) is 1.93. The topological polar surface area (TPSA) is 98.6 Å². The molecule has 2 heterocycles. The number of hydrogen-bond donors (Lipinski definition) is 3. The highest BCUT2D eigenvalue weighted by Crippen LogP contribution is 2.10. The van der Waals surface area contributed by atoms with Crippen LogP contribution in [0.15, 0.2) is 12.4 Å². The van der Waals surface area contributed by atoms with Crippen molar-refractivity contribution in [2.24, 2.45) is 0 Å². The Morgan fingerprint density at radius 1 is 1.70 bits per heavy atom. The lowest BCUT2D eigenvalue weighted by Crippen LogP contribution is -2.36. The Morgan fingerprint density at radius 3 is 3.25 bits per heavy atom. The first-order valence-corrected chi connectivity index (χ1v) is 7.34. The molecule has 20 heavy (non-hydrogen) atoms. The van der Waals surface area contributed by atoms with Gasteiger partial charge in [0.1, 0.15) is 11.0 Å². The van der Waals surface area contributed by atoms with E-state index in [1.807, 2.05) is 6.07 Å². The minimum absolute atomic E-state index is 0.467. The smallest absolute Gasteiger partial charge is 0.335 e. The molecule has 2 aromatic rings. The summed E-state index contributed by atoms with van der Waals surface area (Å²) < 4.78 is 2.25. The lowest BCUT2D eigenvalue weighted by atomic mass is 10.5. The zero-order valence-corrected chi connectivity index (χ0v) is 12.4. The Morgan fingerprint density at radius 2 is 2.50 bits per heavy atom. The largest absolute Gasteiger partial charge is 0.340 e. The summed E-state index contributed by atoms with van der Waals surface area (Å²) in [6.45, 7) is 0.467. The maximum Gasteiger partial charge on any atom is 0.340 e. The number of aromatic nitrogens is 4. The predicted molar refractivity (Wildman–Crippen MR) is 77.3 cm³/mol. The van der Waals surface area contributed by atoms with Gasteiger partial charge in [-0.25, -0.2) is 24.3 Å². The number of carbonyl (C=O) groups is 1. The van der Waals surface area contributed by atoms with E-state index in [0.717, 1.165) is 5.69 Å². The Labute approximate surface area is 124 Å². The molecule has 108 valence electrons. The molecule has 2 aromatic heterocycles. The van der Waals surface area contributed by atoms with Crippen LogP contribution in [0.2, 0.25) is 0 Å². The fraction of sp³-hybridized carbons (Fsp3) is 0.400. The molecule has 8 nitrogen and oxygen atoms in total. The lowest BCUT2D eigenvalue weighted by molar-refractivity contribution is -0.0180. The quantitative estimate of drug-likeness (QED) is 0.330. The number of thioether (sulfide) groups is 1. The van der Waals surface area contributed by atoms with Crippen molar-refractivity contribution in [1.82, 2.24) is 30.0 Å². The van der Waals surface area contributed by atoms with Crippen molar-refractivity contribution in [2.45, 2.75) is 5.75 Å². The van der Waals surface area contributed by atoms with Crippen molar-refractivity contribution in [3.05, 3.63) is 22.7 Å². The molecule has 2 rings (SSSR count). The van der Waals surface area contributed by atoms with E-state index in [1.165, 1.54) is 13.4 Å². The SMILES string of the molecule is CN(O)C(=O)NCCSCc1cc(=S)n2[nH]cnc2n1. The molecule has 3 N–H and O–H groups in total. The average molecular weight is 314 g/mol. The van der Waals surface area contributed by atoms with E-state index in [2.05, 4.69) is 20.4 Å². The number of amides is 2. The molecule has 0 fully saturated rings.